The molecule has 0 fully saturated rings. The van der Waals surface area contributed by atoms with E-state index in [0.717, 1.165) is 19.5 Å². The quantitative estimate of drug-likeness (QED) is 0.568. The summed E-state index contributed by atoms with van der Waals surface area (Å²) in [6, 6.07) is 0. The lowest BCUT2D eigenvalue weighted by Crippen LogP contribution is -2.13. The van der Waals surface area contributed by atoms with Gasteiger partial charge >= 0.3 is 0 Å². The van der Waals surface area contributed by atoms with Crippen molar-refractivity contribution in [3.8, 4) is 0 Å². The molecule has 8 heteroatoms. The van der Waals surface area contributed by atoms with E-state index in [1.54, 1.807) is 23.3 Å². The predicted molar refractivity (Wildman–Crippen MR) is 71.0 cm³/mol. The van der Waals surface area contributed by atoms with E-state index in [9.17, 15) is 0 Å². The van der Waals surface area contributed by atoms with Gasteiger partial charge in [0.15, 0.2) is 0 Å². The van der Waals surface area contributed by atoms with Crippen molar-refractivity contribution in [2.75, 3.05) is 11.9 Å². The number of nitrogens with one attached hydrogen (secondary N) is 1. The highest BCUT2D eigenvalue weighted by Gasteiger charge is 1.99. The minimum absolute atomic E-state index is 0.250. The van der Waals surface area contributed by atoms with Crippen LogP contribution < -0.4 is 11.1 Å². The Labute approximate surface area is 109 Å². The summed E-state index contributed by atoms with van der Waals surface area (Å²) in [4.78, 5) is 8.50. The molecule has 3 N–H and O–H groups in total. The fraction of sp³-hybridized carbons (Fsp3) is 0.300. The maximum atomic E-state index is 5.43. The molecule has 0 aliphatic carbocycles. The Hall–Kier alpha value is -2.09. The first-order chi connectivity index (χ1) is 8.75. The van der Waals surface area contributed by atoms with Crippen LogP contribution in [-0.2, 0) is 6.54 Å². The van der Waals surface area contributed by atoms with Gasteiger partial charge in [-0.15, -0.1) is 5.10 Å². The molecule has 0 unspecified atom stereocenters. The number of hydrogen-bond acceptors (Lipinski definition) is 6. The van der Waals surface area contributed by atoms with Gasteiger partial charge in [-0.25, -0.2) is 9.97 Å². The summed E-state index contributed by atoms with van der Waals surface area (Å²) >= 11 is 4.80. The fourth-order valence-electron chi connectivity index (χ4n) is 1.36. The van der Waals surface area contributed by atoms with E-state index < -0.39 is 0 Å². The van der Waals surface area contributed by atoms with Gasteiger partial charge in [-0.3, -0.25) is 4.68 Å². The largest absolute Gasteiger partial charge is 0.388 e. The van der Waals surface area contributed by atoms with Gasteiger partial charge in [-0.05, 0) is 6.42 Å². The third-order valence-electron chi connectivity index (χ3n) is 2.25. The summed E-state index contributed by atoms with van der Waals surface area (Å²) < 4.78 is 1.78. The summed E-state index contributed by atoms with van der Waals surface area (Å²) in [5.74, 6) is 0.702. The van der Waals surface area contributed by atoms with Crippen molar-refractivity contribution in [2.24, 2.45) is 5.73 Å². The number of nitrogens with two attached hydrogens (primary N) is 1. The molecule has 2 rings (SSSR count). The zero-order valence-corrected chi connectivity index (χ0v) is 10.5. The van der Waals surface area contributed by atoms with Gasteiger partial charge in [0, 0.05) is 19.3 Å². The highest BCUT2D eigenvalue weighted by Crippen LogP contribution is 2.01. The Bertz CT molecular complexity index is 493. The second-order valence-corrected chi connectivity index (χ2v) is 4.04. The smallest absolute Gasteiger partial charge is 0.144 e. The SMILES string of the molecule is NC(=S)c1cnc(NCCCn2ccnn2)cn1. The average molecular weight is 263 g/mol. The van der Waals surface area contributed by atoms with E-state index in [1.165, 1.54) is 0 Å². The monoisotopic (exact) mass is 263 g/mol. The highest BCUT2D eigenvalue weighted by atomic mass is 32.1. The molecule has 0 radical (unpaired) electrons. The van der Waals surface area contributed by atoms with Gasteiger partial charge in [-0.2, -0.15) is 0 Å². The van der Waals surface area contributed by atoms with E-state index in [4.69, 9.17) is 18.0 Å². The molecule has 2 heterocycles. The molecule has 0 saturated carbocycles. The van der Waals surface area contributed by atoms with Crippen molar-refractivity contribution in [3.05, 3.63) is 30.5 Å². The molecule has 18 heavy (non-hydrogen) atoms. The van der Waals surface area contributed by atoms with Crippen LogP contribution in [0.15, 0.2) is 24.8 Å². The molecule has 7 nitrogen and oxygen atoms in total. The number of thiocarbonyl (C=S) groups is 1. The lowest BCUT2D eigenvalue weighted by Gasteiger charge is -2.05. The number of aromatic nitrogens is 5. The zero-order valence-electron chi connectivity index (χ0n) is 9.65. The minimum atomic E-state index is 0.250. The first kappa shape index (κ1) is 12.4. The number of aryl methyl sites for hydroxylation is 1. The summed E-state index contributed by atoms with van der Waals surface area (Å²) in [5.41, 5.74) is 5.96. The standard InChI is InChI=1S/C10H13N7S/c11-10(18)8-6-14-9(7-13-8)12-2-1-4-17-5-3-15-16-17/h3,5-7H,1-2,4H2,(H2,11,18)(H,12,14). The zero-order chi connectivity index (χ0) is 12.8. The van der Waals surface area contributed by atoms with E-state index in [2.05, 4.69) is 25.6 Å². The summed E-state index contributed by atoms with van der Waals surface area (Å²) in [5, 5.41) is 10.8. The molecule has 0 bridgehead atoms. The van der Waals surface area contributed by atoms with Crippen molar-refractivity contribution in [1.82, 2.24) is 25.0 Å². The third-order valence-corrected chi connectivity index (χ3v) is 2.46. The maximum absolute atomic E-state index is 5.43. The number of nitrogens with zero attached hydrogens (tertiary/aromatic N) is 5. The van der Waals surface area contributed by atoms with Crippen molar-refractivity contribution >= 4 is 23.0 Å². The molecule has 0 aliphatic heterocycles. The molecular formula is C10H13N7S. The summed E-state index contributed by atoms with van der Waals surface area (Å²) in [7, 11) is 0. The van der Waals surface area contributed by atoms with Crippen LogP contribution >= 0.6 is 12.2 Å². The highest BCUT2D eigenvalue weighted by molar-refractivity contribution is 7.80. The van der Waals surface area contributed by atoms with E-state index in [0.29, 0.717) is 11.5 Å². The Balaban J connectivity index is 1.75. The summed E-state index contributed by atoms with van der Waals surface area (Å²) in [6.45, 7) is 1.59. The van der Waals surface area contributed by atoms with Crippen LogP contribution in [0, 0.1) is 0 Å². The molecule has 0 atom stereocenters. The number of anilines is 1. The van der Waals surface area contributed by atoms with E-state index in [-0.39, 0.29) is 4.99 Å². The second-order valence-electron chi connectivity index (χ2n) is 3.60. The molecule has 0 spiro atoms. The third kappa shape index (κ3) is 3.45. The van der Waals surface area contributed by atoms with Crippen molar-refractivity contribution in [1.29, 1.82) is 0 Å². The van der Waals surface area contributed by atoms with Gasteiger partial charge in [0.05, 0.1) is 18.6 Å². The molecule has 2 aromatic rings. The lowest BCUT2D eigenvalue weighted by atomic mass is 10.4. The molecule has 94 valence electrons. The van der Waals surface area contributed by atoms with E-state index >= 15 is 0 Å². The van der Waals surface area contributed by atoms with Gasteiger partial charge < -0.3 is 11.1 Å². The molecular weight excluding hydrogens is 250 g/mol. The Kier molecular flexibility index (Phi) is 4.13. The van der Waals surface area contributed by atoms with Crippen molar-refractivity contribution in [3.63, 3.8) is 0 Å². The predicted octanol–water partition coefficient (Wildman–Crippen LogP) is 0.204. The average Bonchev–Trinajstić information content (AvgIpc) is 2.88. The van der Waals surface area contributed by atoms with Crippen LogP contribution in [-0.4, -0.2) is 36.5 Å². The fourth-order valence-corrected chi connectivity index (χ4v) is 1.46. The minimum Gasteiger partial charge on any atom is -0.388 e. The molecule has 0 saturated heterocycles. The summed E-state index contributed by atoms with van der Waals surface area (Å²) in [6.07, 6.45) is 7.58. The Morgan fingerprint density at radius 2 is 2.28 bits per heavy atom. The van der Waals surface area contributed by atoms with Crippen LogP contribution in [0.25, 0.3) is 0 Å². The molecule has 0 aliphatic rings. The van der Waals surface area contributed by atoms with Gasteiger partial charge in [0.25, 0.3) is 0 Å². The van der Waals surface area contributed by atoms with Gasteiger partial charge in [-0.1, -0.05) is 17.4 Å². The topological polar surface area (TPSA) is 94.5 Å². The normalized spacial score (nSPS) is 10.2. The van der Waals surface area contributed by atoms with Crippen LogP contribution in [0.3, 0.4) is 0 Å². The van der Waals surface area contributed by atoms with Crippen molar-refractivity contribution < 1.29 is 0 Å². The Morgan fingerprint density at radius 3 is 2.89 bits per heavy atom. The second kappa shape index (κ2) is 6.01. The van der Waals surface area contributed by atoms with E-state index in [1.807, 2.05) is 6.20 Å². The molecule has 2 aromatic heterocycles. The van der Waals surface area contributed by atoms with Gasteiger partial charge in [0.2, 0.25) is 0 Å². The van der Waals surface area contributed by atoms with Crippen molar-refractivity contribution in [2.45, 2.75) is 13.0 Å². The maximum Gasteiger partial charge on any atom is 0.144 e. The lowest BCUT2D eigenvalue weighted by molar-refractivity contribution is 0.569. The van der Waals surface area contributed by atoms with Gasteiger partial charge in [0.1, 0.15) is 16.5 Å². The molecule has 0 aromatic carbocycles. The number of rotatable bonds is 6. The first-order valence-electron chi connectivity index (χ1n) is 5.45. The van der Waals surface area contributed by atoms with Crippen LogP contribution in [0.5, 0.6) is 0 Å². The first-order valence-corrected chi connectivity index (χ1v) is 5.86. The molecule has 0 amide bonds. The van der Waals surface area contributed by atoms with Crippen LogP contribution in [0.4, 0.5) is 5.82 Å². The number of hydrogen-bond donors (Lipinski definition) is 2. The Morgan fingerprint density at radius 1 is 1.39 bits per heavy atom. The van der Waals surface area contributed by atoms with Crippen LogP contribution in [0.2, 0.25) is 0 Å². The van der Waals surface area contributed by atoms with Crippen LogP contribution in [0.1, 0.15) is 12.1 Å².